The molecule has 0 saturated carbocycles. The molecule has 1 aliphatic rings. The van der Waals surface area contributed by atoms with Crippen molar-refractivity contribution in [1.29, 1.82) is 10.8 Å². The monoisotopic (exact) mass is 556 g/mol. The van der Waals surface area contributed by atoms with Crippen LogP contribution in [-0.4, -0.2) is 30.6 Å². The third kappa shape index (κ3) is 7.85. The lowest BCUT2D eigenvalue weighted by molar-refractivity contribution is 0.314. The van der Waals surface area contributed by atoms with Crippen LogP contribution in [0.2, 0.25) is 0 Å². The number of amidine groups is 2. The summed E-state index contributed by atoms with van der Waals surface area (Å²) in [7, 11) is 0. The first-order chi connectivity index (χ1) is 18.5. The molecule has 0 atom stereocenters. The molecule has 2 aromatic rings. The number of hydrogen-bond donors (Lipinski definition) is 4. The maximum absolute atomic E-state index is 8.57. The van der Waals surface area contributed by atoms with E-state index in [-0.39, 0.29) is 11.7 Å². The van der Waals surface area contributed by atoms with E-state index in [4.69, 9.17) is 26.0 Å². The molecule has 38 heavy (non-hydrogen) atoms. The molecule has 3 rings (SSSR count). The SMILES string of the molecule is CCCCCCCCCCCCSc1c(OCC)c2c(c(OCC)c1Sc1ccccc1N)C(=N)NC2=N. The van der Waals surface area contributed by atoms with Crippen molar-refractivity contribution in [3.63, 3.8) is 0 Å². The average molecular weight is 557 g/mol. The first-order valence-corrected chi connectivity index (χ1v) is 15.9. The van der Waals surface area contributed by atoms with Gasteiger partial charge in [0.2, 0.25) is 0 Å². The highest BCUT2D eigenvalue weighted by molar-refractivity contribution is 8.02. The summed E-state index contributed by atoms with van der Waals surface area (Å²) in [6, 6.07) is 7.81. The van der Waals surface area contributed by atoms with Crippen molar-refractivity contribution in [1.82, 2.24) is 5.32 Å². The van der Waals surface area contributed by atoms with Crippen LogP contribution in [0.3, 0.4) is 0 Å². The molecule has 6 nitrogen and oxygen atoms in total. The van der Waals surface area contributed by atoms with E-state index < -0.39 is 0 Å². The number of hydrogen-bond acceptors (Lipinski definition) is 7. The molecule has 0 amide bonds. The van der Waals surface area contributed by atoms with E-state index in [9.17, 15) is 0 Å². The number of nitrogens with one attached hydrogen (secondary N) is 3. The van der Waals surface area contributed by atoms with Crippen LogP contribution in [0.25, 0.3) is 0 Å². The van der Waals surface area contributed by atoms with Crippen molar-refractivity contribution < 1.29 is 9.47 Å². The Labute approximate surface area is 237 Å². The molecule has 8 heteroatoms. The number of rotatable bonds is 18. The Bertz CT molecular complexity index is 1090. The predicted molar refractivity (Wildman–Crippen MR) is 163 cm³/mol. The Balaban J connectivity index is 1.82. The second-order valence-electron chi connectivity index (χ2n) is 9.48. The van der Waals surface area contributed by atoms with Crippen LogP contribution in [0, 0.1) is 10.8 Å². The number of fused-ring (bicyclic) bond motifs is 1. The van der Waals surface area contributed by atoms with Gasteiger partial charge in [0, 0.05) is 10.6 Å². The van der Waals surface area contributed by atoms with Crippen LogP contribution < -0.4 is 20.5 Å². The Morgan fingerprint density at radius 3 is 1.82 bits per heavy atom. The fourth-order valence-corrected chi connectivity index (χ4v) is 6.98. The number of ether oxygens (including phenoxy) is 2. The lowest BCUT2D eigenvalue weighted by atomic mass is 10.1. The summed E-state index contributed by atoms with van der Waals surface area (Å²) < 4.78 is 12.4. The van der Waals surface area contributed by atoms with Crippen LogP contribution in [-0.2, 0) is 0 Å². The molecule has 208 valence electrons. The molecule has 0 fully saturated rings. The molecule has 0 aromatic heterocycles. The van der Waals surface area contributed by atoms with Gasteiger partial charge in [-0.05, 0) is 38.2 Å². The highest BCUT2D eigenvalue weighted by atomic mass is 32.2. The Hall–Kier alpha value is -2.32. The van der Waals surface area contributed by atoms with Gasteiger partial charge in [0.15, 0.2) is 0 Å². The van der Waals surface area contributed by atoms with E-state index in [1.165, 1.54) is 57.8 Å². The highest BCUT2D eigenvalue weighted by Gasteiger charge is 2.35. The van der Waals surface area contributed by atoms with Gasteiger partial charge in [-0.15, -0.1) is 11.8 Å². The zero-order valence-corrected chi connectivity index (χ0v) is 24.8. The van der Waals surface area contributed by atoms with Gasteiger partial charge < -0.3 is 20.5 Å². The van der Waals surface area contributed by atoms with Crippen LogP contribution in [0.15, 0.2) is 39.0 Å². The van der Waals surface area contributed by atoms with Crippen LogP contribution in [0.4, 0.5) is 5.69 Å². The standard InChI is InChI=1S/C30H44N4O2S2/c1-4-7-8-9-10-11-12-13-14-17-20-37-27-25(35-5-2)23-24(30(33)34-29(23)32)26(36-6-3)28(27)38-22-19-16-15-18-21(22)31/h15-16,18-19H,4-14,17,20,31H2,1-3H3,(H3,32,33,34). The van der Waals surface area contributed by atoms with Gasteiger partial charge in [0.1, 0.15) is 23.2 Å². The van der Waals surface area contributed by atoms with Gasteiger partial charge in [-0.3, -0.25) is 10.8 Å². The Morgan fingerprint density at radius 1 is 0.737 bits per heavy atom. The van der Waals surface area contributed by atoms with Crippen molar-refractivity contribution in [3.8, 4) is 11.5 Å². The molecule has 0 spiro atoms. The van der Waals surface area contributed by atoms with Gasteiger partial charge in [0.25, 0.3) is 0 Å². The largest absolute Gasteiger partial charge is 0.492 e. The average Bonchev–Trinajstić information content (AvgIpc) is 3.20. The molecule has 5 N–H and O–H groups in total. The van der Waals surface area contributed by atoms with E-state index in [0.717, 1.165) is 26.9 Å². The first kappa shape index (κ1) is 30.2. The number of nitrogen functional groups attached to an aromatic ring is 1. The second-order valence-corrected chi connectivity index (χ2v) is 11.6. The van der Waals surface area contributed by atoms with Crippen molar-refractivity contribution in [2.24, 2.45) is 0 Å². The lowest BCUT2D eigenvalue weighted by Gasteiger charge is -2.22. The predicted octanol–water partition coefficient (Wildman–Crippen LogP) is 8.48. The molecular weight excluding hydrogens is 512 g/mol. The minimum absolute atomic E-state index is 0.170. The zero-order valence-electron chi connectivity index (χ0n) is 23.2. The number of benzene rings is 2. The number of nitrogens with two attached hydrogens (primary N) is 1. The van der Waals surface area contributed by atoms with Gasteiger partial charge in [-0.1, -0.05) is 88.6 Å². The number of unbranched alkanes of at least 4 members (excludes halogenated alkanes) is 9. The van der Waals surface area contributed by atoms with Crippen LogP contribution in [0.5, 0.6) is 11.5 Å². The van der Waals surface area contributed by atoms with Crippen molar-refractivity contribution in [3.05, 3.63) is 35.4 Å². The van der Waals surface area contributed by atoms with Gasteiger partial charge in [-0.2, -0.15) is 0 Å². The second kappa shape index (κ2) is 15.9. The van der Waals surface area contributed by atoms with E-state index >= 15 is 0 Å². The van der Waals surface area contributed by atoms with E-state index in [0.29, 0.717) is 41.5 Å². The fourth-order valence-electron chi connectivity index (χ4n) is 4.62. The summed E-state index contributed by atoms with van der Waals surface area (Å²) in [6.45, 7) is 7.10. The normalized spacial score (nSPS) is 12.5. The summed E-state index contributed by atoms with van der Waals surface area (Å²) in [4.78, 5) is 2.81. The third-order valence-corrected chi connectivity index (χ3v) is 9.01. The number of thioether (sulfide) groups is 1. The van der Waals surface area contributed by atoms with Gasteiger partial charge in [-0.25, -0.2) is 0 Å². The maximum atomic E-state index is 8.57. The Kier molecular flexibility index (Phi) is 12.7. The summed E-state index contributed by atoms with van der Waals surface area (Å²) in [6.07, 6.45) is 13.0. The molecular formula is C30H44N4O2S2. The quantitative estimate of drug-likeness (QED) is 0.0834. The molecule has 0 unspecified atom stereocenters. The minimum atomic E-state index is 0.170. The minimum Gasteiger partial charge on any atom is -0.492 e. The molecule has 0 radical (unpaired) electrons. The van der Waals surface area contributed by atoms with Crippen molar-refractivity contribution in [2.45, 2.75) is 99.7 Å². The molecule has 0 aliphatic carbocycles. The molecule has 0 saturated heterocycles. The third-order valence-electron chi connectivity index (χ3n) is 6.53. The van der Waals surface area contributed by atoms with Crippen LogP contribution in [0.1, 0.15) is 96.1 Å². The Morgan fingerprint density at radius 2 is 1.26 bits per heavy atom. The first-order valence-electron chi connectivity index (χ1n) is 14.1. The zero-order chi connectivity index (χ0) is 27.3. The maximum Gasteiger partial charge on any atom is 0.146 e. The fraction of sp³-hybridized carbons (Fsp3) is 0.533. The summed E-state index contributed by atoms with van der Waals surface area (Å²) in [5.74, 6) is 2.61. The lowest BCUT2D eigenvalue weighted by Crippen LogP contribution is -2.20. The molecule has 1 heterocycles. The van der Waals surface area contributed by atoms with Crippen LogP contribution >= 0.6 is 23.5 Å². The summed E-state index contributed by atoms with van der Waals surface area (Å²) >= 11 is 3.32. The topological polar surface area (TPSA) is 104 Å². The van der Waals surface area contributed by atoms with E-state index in [1.54, 1.807) is 23.5 Å². The molecule has 2 aromatic carbocycles. The van der Waals surface area contributed by atoms with Gasteiger partial charge >= 0.3 is 0 Å². The van der Waals surface area contributed by atoms with E-state index in [1.807, 2.05) is 38.1 Å². The molecule has 1 aliphatic heterocycles. The summed E-state index contributed by atoms with van der Waals surface area (Å²) in [5, 5.41) is 20.0. The van der Waals surface area contributed by atoms with E-state index in [2.05, 4.69) is 12.2 Å². The van der Waals surface area contributed by atoms with Gasteiger partial charge in [0.05, 0.1) is 34.1 Å². The number of para-hydroxylation sites is 1. The summed E-state index contributed by atoms with van der Waals surface area (Å²) in [5.41, 5.74) is 8.24. The smallest absolute Gasteiger partial charge is 0.146 e. The molecule has 0 bridgehead atoms. The van der Waals surface area contributed by atoms with Crippen molar-refractivity contribution >= 4 is 40.9 Å². The highest BCUT2D eigenvalue weighted by Crippen LogP contribution is 2.52. The number of anilines is 1. The van der Waals surface area contributed by atoms with Crippen molar-refractivity contribution in [2.75, 3.05) is 24.7 Å².